The molecule has 0 amide bonds. The molecule has 0 aromatic rings. The molecule has 3 fully saturated rings. The quantitative estimate of drug-likeness (QED) is 0.266. The Morgan fingerprint density at radius 2 is 1.64 bits per heavy atom. The fourth-order valence-electron chi connectivity index (χ4n) is 7.08. The normalized spacial score (nSPS) is 37.8. The highest BCUT2D eigenvalue weighted by Crippen LogP contribution is 2.59. The van der Waals surface area contributed by atoms with Crippen LogP contribution >= 0.6 is 0 Å². The van der Waals surface area contributed by atoms with Crippen molar-refractivity contribution in [2.24, 2.45) is 40.9 Å². The summed E-state index contributed by atoms with van der Waals surface area (Å²) in [6.07, 6.45) is 21.2. The van der Waals surface area contributed by atoms with Gasteiger partial charge in [0.25, 0.3) is 0 Å². The minimum atomic E-state index is -1.47. The first-order valence-electron chi connectivity index (χ1n) is 14.2. The maximum atomic E-state index is 6.50. The van der Waals surface area contributed by atoms with E-state index in [0.717, 1.165) is 24.2 Å². The zero-order valence-corrected chi connectivity index (χ0v) is 24.4. The molecule has 0 heterocycles. The van der Waals surface area contributed by atoms with Crippen LogP contribution in [0.4, 0.5) is 0 Å². The van der Waals surface area contributed by atoms with Gasteiger partial charge in [0.05, 0.1) is 0 Å². The average molecular weight is 471 g/mol. The fraction of sp³-hybridized carbons (Fsp3) is 0.806. The first kappa shape index (κ1) is 27.0. The Kier molecular flexibility index (Phi) is 8.98. The Morgan fingerprint density at radius 3 is 2.30 bits per heavy atom. The van der Waals surface area contributed by atoms with E-state index >= 15 is 0 Å². The van der Waals surface area contributed by atoms with Crippen LogP contribution in [0.15, 0.2) is 35.5 Å². The molecule has 0 radical (unpaired) electrons. The predicted octanol–water partition coefficient (Wildman–Crippen LogP) is 9.58. The van der Waals surface area contributed by atoms with Crippen molar-refractivity contribution in [2.75, 3.05) is 0 Å². The molecule has 188 valence electrons. The molecule has 1 nitrogen and oxygen atoms in total. The number of rotatable bonds is 7. The molecule has 3 aliphatic rings. The van der Waals surface area contributed by atoms with Crippen LogP contribution in [0, 0.1) is 40.9 Å². The van der Waals surface area contributed by atoms with Gasteiger partial charge in [0, 0.05) is 6.10 Å². The van der Waals surface area contributed by atoms with Gasteiger partial charge >= 0.3 is 0 Å². The highest BCUT2D eigenvalue weighted by Gasteiger charge is 2.50. The third-order valence-electron chi connectivity index (χ3n) is 9.49. The summed E-state index contributed by atoms with van der Waals surface area (Å²) in [5, 5.41) is 0. The number of fused-ring (bicyclic) bond motifs is 1. The topological polar surface area (TPSA) is 9.23 Å². The Balaban J connectivity index is 1.73. The number of hydrogen-bond donors (Lipinski definition) is 0. The number of allylic oxidation sites excluding steroid dienone is 5. The van der Waals surface area contributed by atoms with Crippen molar-refractivity contribution >= 4 is 8.32 Å². The van der Waals surface area contributed by atoms with Gasteiger partial charge in [0.15, 0.2) is 8.32 Å². The molecule has 0 bridgehead atoms. The van der Waals surface area contributed by atoms with Gasteiger partial charge in [0.1, 0.15) is 0 Å². The van der Waals surface area contributed by atoms with Gasteiger partial charge in [-0.25, -0.2) is 0 Å². The van der Waals surface area contributed by atoms with E-state index in [1.54, 1.807) is 11.1 Å². The molecule has 0 unspecified atom stereocenters. The third-order valence-corrected chi connectivity index (χ3v) is 10.5. The summed E-state index contributed by atoms with van der Waals surface area (Å²) in [5.74, 6) is 4.43. The first-order valence-corrected chi connectivity index (χ1v) is 17.6. The Labute approximate surface area is 207 Å². The molecule has 0 saturated heterocycles. The molecule has 0 spiro atoms. The fourth-order valence-corrected chi connectivity index (χ4v) is 8.29. The molecule has 3 aliphatic carbocycles. The van der Waals surface area contributed by atoms with Gasteiger partial charge in [0.2, 0.25) is 0 Å². The van der Waals surface area contributed by atoms with E-state index in [1.807, 2.05) is 0 Å². The van der Waals surface area contributed by atoms with Gasteiger partial charge in [-0.05, 0) is 112 Å². The molecule has 3 saturated carbocycles. The van der Waals surface area contributed by atoms with E-state index in [9.17, 15) is 0 Å². The standard InChI is InChI=1S/C31H54OSi/c1-22(2)23(3)12-13-25(5)29-18-19-30-26(11-10-20-31(29,30)6)15-16-27-21-28(17-14-24(27)4)32-33(7,8)9/h12-13,15-16,22-25,28-30H,10-11,14,17-21H2,1-9H3/b13-12+,26-15+,27-16-/t23-,24+,25+,28-,29+,30-,31+/m0/s1. The predicted molar refractivity (Wildman–Crippen MR) is 148 cm³/mol. The van der Waals surface area contributed by atoms with Crippen LogP contribution in [-0.4, -0.2) is 14.4 Å². The van der Waals surface area contributed by atoms with Crippen LogP contribution in [0.5, 0.6) is 0 Å². The molecule has 33 heavy (non-hydrogen) atoms. The summed E-state index contributed by atoms with van der Waals surface area (Å²) in [6.45, 7) is 21.6. The van der Waals surface area contributed by atoms with Crippen molar-refractivity contribution in [1.29, 1.82) is 0 Å². The van der Waals surface area contributed by atoms with E-state index < -0.39 is 8.32 Å². The smallest absolute Gasteiger partial charge is 0.184 e. The van der Waals surface area contributed by atoms with Gasteiger partial charge in [-0.2, -0.15) is 0 Å². The second-order valence-corrected chi connectivity index (χ2v) is 17.9. The van der Waals surface area contributed by atoms with E-state index in [1.165, 1.54) is 44.9 Å². The summed E-state index contributed by atoms with van der Waals surface area (Å²) in [4.78, 5) is 0. The van der Waals surface area contributed by atoms with Crippen LogP contribution in [-0.2, 0) is 4.43 Å². The van der Waals surface area contributed by atoms with Crippen molar-refractivity contribution in [3.05, 3.63) is 35.5 Å². The minimum Gasteiger partial charge on any atom is -0.414 e. The molecule has 7 atom stereocenters. The molecular formula is C31H54OSi. The zero-order chi connectivity index (χ0) is 24.4. The van der Waals surface area contributed by atoms with Crippen LogP contribution in [0.1, 0.15) is 92.9 Å². The Hall–Kier alpha value is -0.603. The Morgan fingerprint density at radius 1 is 0.939 bits per heavy atom. The lowest BCUT2D eigenvalue weighted by molar-refractivity contribution is 0.112. The van der Waals surface area contributed by atoms with Crippen LogP contribution < -0.4 is 0 Å². The van der Waals surface area contributed by atoms with Crippen molar-refractivity contribution < 1.29 is 4.43 Å². The van der Waals surface area contributed by atoms with Gasteiger partial charge in [-0.15, -0.1) is 0 Å². The van der Waals surface area contributed by atoms with Crippen LogP contribution in [0.25, 0.3) is 0 Å². The lowest BCUT2D eigenvalue weighted by atomic mass is 9.61. The van der Waals surface area contributed by atoms with E-state index in [2.05, 4.69) is 85.5 Å². The van der Waals surface area contributed by atoms with Crippen molar-refractivity contribution in [3.8, 4) is 0 Å². The van der Waals surface area contributed by atoms with Crippen molar-refractivity contribution in [1.82, 2.24) is 0 Å². The van der Waals surface area contributed by atoms with Gasteiger partial charge in [-0.3, -0.25) is 0 Å². The van der Waals surface area contributed by atoms with E-state index in [0.29, 0.717) is 29.3 Å². The molecule has 0 aromatic heterocycles. The van der Waals surface area contributed by atoms with Crippen molar-refractivity contribution in [3.63, 3.8) is 0 Å². The highest BCUT2D eigenvalue weighted by atomic mass is 28.4. The Bertz CT molecular complexity index is 739. The maximum absolute atomic E-state index is 6.50. The van der Waals surface area contributed by atoms with Gasteiger partial charge in [-0.1, -0.05) is 77.0 Å². The lowest BCUT2D eigenvalue weighted by Crippen LogP contribution is -2.35. The van der Waals surface area contributed by atoms with E-state index in [-0.39, 0.29) is 0 Å². The van der Waals surface area contributed by atoms with E-state index in [4.69, 9.17) is 4.43 Å². The lowest BCUT2D eigenvalue weighted by Gasteiger charge is -2.44. The van der Waals surface area contributed by atoms with Crippen LogP contribution in [0.3, 0.4) is 0 Å². The summed E-state index contributed by atoms with van der Waals surface area (Å²) in [5.41, 5.74) is 3.87. The molecule has 0 aliphatic heterocycles. The monoisotopic (exact) mass is 470 g/mol. The second kappa shape index (κ2) is 11.0. The number of hydrogen-bond acceptors (Lipinski definition) is 1. The first-order chi connectivity index (χ1) is 15.4. The molecule has 3 rings (SSSR count). The largest absolute Gasteiger partial charge is 0.414 e. The summed E-state index contributed by atoms with van der Waals surface area (Å²) >= 11 is 0. The minimum absolute atomic E-state index is 0.450. The average Bonchev–Trinajstić information content (AvgIpc) is 3.08. The molecular weight excluding hydrogens is 416 g/mol. The van der Waals surface area contributed by atoms with Crippen LogP contribution in [0.2, 0.25) is 19.6 Å². The molecule has 0 aromatic carbocycles. The third kappa shape index (κ3) is 6.75. The summed E-state index contributed by atoms with van der Waals surface area (Å²) in [7, 11) is -1.47. The highest BCUT2D eigenvalue weighted by molar-refractivity contribution is 6.69. The summed E-state index contributed by atoms with van der Waals surface area (Å²) < 4.78 is 6.50. The second-order valence-electron chi connectivity index (χ2n) is 13.5. The zero-order valence-electron chi connectivity index (χ0n) is 23.4. The molecule has 0 N–H and O–H groups in total. The van der Waals surface area contributed by atoms with Crippen molar-refractivity contribution in [2.45, 2.75) is 119 Å². The SMILES string of the molecule is CC(C)[C@@H](C)/C=C/[C@@H](C)[C@H]1CC[C@H]2/C(=C/C=C3/C[C@@H](O[Si](C)(C)C)CC[C@H]3C)CCC[C@]12C. The summed E-state index contributed by atoms with van der Waals surface area (Å²) in [6, 6.07) is 0. The molecule has 2 heteroatoms. The maximum Gasteiger partial charge on any atom is 0.184 e. The van der Waals surface area contributed by atoms with Gasteiger partial charge < -0.3 is 4.43 Å².